The van der Waals surface area contributed by atoms with Crippen LogP contribution in [0.15, 0.2) is 29.4 Å². The highest BCUT2D eigenvalue weighted by Crippen LogP contribution is 2.40. The average Bonchev–Trinajstić information content (AvgIpc) is 2.87. The average molecular weight is 341 g/mol. The van der Waals surface area contributed by atoms with Crippen LogP contribution >= 0.6 is 12.2 Å². The number of carbonyl (C=O) groups excluding carboxylic acids is 1. The molecule has 8 heteroatoms. The first kappa shape index (κ1) is 17.4. The molecule has 1 aromatic carbocycles. The first-order valence-corrected chi connectivity index (χ1v) is 7.47. The van der Waals surface area contributed by atoms with E-state index in [-0.39, 0.29) is 5.11 Å². The Morgan fingerprint density at radius 3 is 2.54 bits per heavy atom. The zero-order valence-electron chi connectivity index (χ0n) is 13.1. The normalized spacial score (nSPS) is 17.9. The van der Waals surface area contributed by atoms with Gasteiger partial charge in [0.25, 0.3) is 5.91 Å². The summed E-state index contributed by atoms with van der Waals surface area (Å²) in [7, 11) is 1.49. The summed E-state index contributed by atoms with van der Waals surface area (Å²) < 4.78 is 5.34. The number of hydrogen-bond donors (Lipinski definition) is 1. The monoisotopic (exact) mass is 341 g/mol. The van der Waals surface area contributed by atoms with Crippen LogP contribution in [0.2, 0.25) is 0 Å². The van der Waals surface area contributed by atoms with Crippen LogP contribution in [0.1, 0.15) is 18.4 Å². The third-order valence-electron chi connectivity index (χ3n) is 3.89. The molecule has 2 atom stereocenters. The lowest BCUT2D eigenvalue weighted by Crippen LogP contribution is -2.39. The number of para-hydroxylation sites is 1. The smallest absolute Gasteiger partial charge is 0.259 e. The van der Waals surface area contributed by atoms with Gasteiger partial charge < -0.3 is 10.5 Å². The van der Waals surface area contributed by atoms with Crippen molar-refractivity contribution in [1.82, 2.24) is 5.01 Å². The van der Waals surface area contributed by atoms with Gasteiger partial charge in [0.15, 0.2) is 5.11 Å². The molecule has 0 spiro atoms. The number of hydrogen-bond acceptors (Lipinski definition) is 6. The number of nitriles is 2. The fourth-order valence-electron chi connectivity index (χ4n) is 2.83. The van der Waals surface area contributed by atoms with Gasteiger partial charge in [-0.25, -0.2) is 0 Å². The van der Waals surface area contributed by atoms with Crippen molar-refractivity contribution < 1.29 is 9.53 Å². The molecule has 0 aliphatic carbocycles. The number of rotatable bonds is 4. The van der Waals surface area contributed by atoms with Crippen molar-refractivity contribution in [3.63, 3.8) is 0 Å². The molecule has 0 fully saturated rings. The maximum Gasteiger partial charge on any atom is 0.259 e. The van der Waals surface area contributed by atoms with Crippen LogP contribution in [0.25, 0.3) is 0 Å². The molecule has 24 heavy (non-hydrogen) atoms. The Kier molecular flexibility index (Phi) is 5.12. The predicted molar refractivity (Wildman–Crippen MR) is 90.7 cm³/mol. The van der Waals surface area contributed by atoms with Gasteiger partial charge in [-0.05, 0) is 25.2 Å². The van der Waals surface area contributed by atoms with Gasteiger partial charge in [0.05, 0.1) is 25.2 Å². The Hall–Kier alpha value is -2.97. The standard InChI is InChI=1S/C16H15N5O2S/c1-9-13(15(22)21(20-9)16(19)24)14(10(7-17)8-18)11-5-3-4-6-12(11)23-2/h3-6,10,13-14H,1-2H3,(H2,19,24). The number of carbonyl (C=O) groups is 1. The van der Waals surface area contributed by atoms with E-state index in [9.17, 15) is 15.3 Å². The summed E-state index contributed by atoms with van der Waals surface area (Å²) in [4.78, 5) is 12.7. The Labute approximate surface area is 144 Å². The van der Waals surface area contributed by atoms with Crippen LogP contribution in [0.4, 0.5) is 0 Å². The fourth-order valence-corrected chi connectivity index (χ4v) is 2.96. The van der Waals surface area contributed by atoms with Gasteiger partial charge in [-0.2, -0.15) is 20.6 Å². The van der Waals surface area contributed by atoms with E-state index >= 15 is 0 Å². The summed E-state index contributed by atoms with van der Waals surface area (Å²) in [6, 6.07) is 10.9. The van der Waals surface area contributed by atoms with Crippen molar-refractivity contribution in [2.24, 2.45) is 22.7 Å². The lowest BCUT2D eigenvalue weighted by Gasteiger charge is -2.25. The molecule has 122 valence electrons. The van der Waals surface area contributed by atoms with E-state index in [1.165, 1.54) is 7.11 Å². The zero-order valence-corrected chi connectivity index (χ0v) is 13.9. The molecule has 0 saturated carbocycles. The predicted octanol–water partition coefficient (Wildman–Crippen LogP) is 1.52. The molecule has 0 aromatic heterocycles. The van der Waals surface area contributed by atoms with Gasteiger partial charge in [-0.1, -0.05) is 18.2 Å². The number of nitrogens with two attached hydrogens (primary N) is 1. The molecule has 7 nitrogen and oxygen atoms in total. The van der Waals surface area contributed by atoms with E-state index in [0.717, 1.165) is 5.01 Å². The van der Waals surface area contributed by atoms with Crippen molar-refractivity contribution in [3.05, 3.63) is 29.8 Å². The first-order valence-electron chi connectivity index (χ1n) is 7.06. The molecule has 1 aliphatic heterocycles. The van der Waals surface area contributed by atoms with E-state index in [4.69, 9.17) is 22.7 Å². The molecular weight excluding hydrogens is 326 g/mol. The van der Waals surface area contributed by atoms with Crippen LogP contribution in [0, 0.1) is 34.5 Å². The first-order chi connectivity index (χ1) is 11.5. The van der Waals surface area contributed by atoms with Gasteiger partial charge in [0.1, 0.15) is 11.7 Å². The van der Waals surface area contributed by atoms with E-state index < -0.39 is 23.7 Å². The number of hydrazone groups is 1. The summed E-state index contributed by atoms with van der Waals surface area (Å²) >= 11 is 4.83. The van der Waals surface area contributed by atoms with Crippen LogP contribution in [0.3, 0.4) is 0 Å². The van der Waals surface area contributed by atoms with Gasteiger partial charge in [0.2, 0.25) is 0 Å². The fraction of sp³-hybridized carbons (Fsp3) is 0.312. The van der Waals surface area contributed by atoms with Crippen molar-refractivity contribution in [2.45, 2.75) is 12.8 Å². The van der Waals surface area contributed by atoms with Crippen LogP contribution in [-0.4, -0.2) is 28.9 Å². The summed E-state index contributed by atoms with van der Waals surface area (Å²) in [6.45, 7) is 1.65. The number of amides is 1. The van der Waals surface area contributed by atoms with Crippen molar-refractivity contribution in [1.29, 1.82) is 10.5 Å². The molecule has 1 heterocycles. The van der Waals surface area contributed by atoms with E-state index in [2.05, 4.69) is 5.10 Å². The van der Waals surface area contributed by atoms with E-state index in [1.54, 1.807) is 31.2 Å². The third kappa shape index (κ3) is 2.92. The molecule has 0 radical (unpaired) electrons. The lowest BCUT2D eigenvalue weighted by atomic mass is 9.75. The van der Waals surface area contributed by atoms with Gasteiger partial charge >= 0.3 is 0 Å². The largest absolute Gasteiger partial charge is 0.496 e. The second-order valence-corrected chi connectivity index (χ2v) is 5.63. The minimum Gasteiger partial charge on any atom is -0.496 e. The molecule has 0 bridgehead atoms. The maximum atomic E-state index is 12.7. The summed E-state index contributed by atoms with van der Waals surface area (Å²) in [5.74, 6) is -2.58. The Morgan fingerprint density at radius 2 is 2.04 bits per heavy atom. The second kappa shape index (κ2) is 7.07. The SMILES string of the molecule is COc1ccccc1C(C(C#N)C#N)C1C(=O)N(C(N)=S)N=C1C. The van der Waals surface area contributed by atoms with Crippen LogP contribution < -0.4 is 10.5 Å². The molecule has 1 aromatic rings. The molecule has 0 saturated heterocycles. The summed E-state index contributed by atoms with van der Waals surface area (Å²) in [5.41, 5.74) is 6.56. The number of methoxy groups -OCH3 is 1. The van der Waals surface area contributed by atoms with Gasteiger partial charge in [-0.3, -0.25) is 4.79 Å². The van der Waals surface area contributed by atoms with Gasteiger partial charge in [-0.15, -0.1) is 0 Å². The number of nitrogens with zero attached hydrogens (tertiary/aromatic N) is 4. The molecule has 2 N–H and O–H groups in total. The number of benzene rings is 1. The van der Waals surface area contributed by atoms with Gasteiger partial charge in [0, 0.05) is 17.2 Å². The Bertz CT molecular complexity index is 778. The summed E-state index contributed by atoms with van der Waals surface area (Å²) in [6.07, 6.45) is 0. The molecular formula is C16H15N5O2S. The second-order valence-electron chi connectivity index (χ2n) is 5.21. The highest BCUT2D eigenvalue weighted by molar-refractivity contribution is 7.80. The Balaban J connectivity index is 2.60. The molecule has 2 unspecified atom stereocenters. The van der Waals surface area contributed by atoms with Crippen LogP contribution in [0.5, 0.6) is 5.75 Å². The third-order valence-corrected chi connectivity index (χ3v) is 4.06. The molecule has 1 aliphatic rings. The lowest BCUT2D eigenvalue weighted by molar-refractivity contribution is -0.128. The number of thiocarbonyl (C=S) groups is 1. The highest BCUT2D eigenvalue weighted by atomic mass is 32.1. The van der Waals surface area contributed by atoms with Crippen molar-refractivity contribution in [3.8, 4) is 17.9 Å². The van der Waals surface area contributed by atoms with E-state index in [1.807, 2.05) is 12.1 Å². The topological polar surface area (TPSA) is 115 Å². The Morgan fingerprint density at radius 1 is 1.42 bits per heavy atom. The minimum absolute atomic E-state index is 0.175. The minimum atomic E-state index is -1.06. The molecule has 1 amide bonds. The van der Waals surface area contributed by atoms with Crippen molar-refractivity contribution >= 4 is 28.9 Å². The highest BCUT2D eigenvalue weighted by Gasteiger charge is 2.45. The quantitative estimate of drug-likeness (QED) is 0.830. The van der Waals surface area contributed by atoms with Crippen LogP contribution in [-0.2, 0) is 4.79 Å². The van der Waals surface area contributed by atoms with E-state index in [0.29, 0.717) is 17.0 Å². The zero-order chi connectivity index (χ0) is 17.9. The maximum absolute atomic E-state index is 12.7. The summed E-state index contributed by atoms with van der Waals surface area (Å²) in [5, 5.41) is 23.6. The number of ether oxygens (including phenoxy) is 1. The molecule has 2 rings (SSSR count). The van der Waals surface area contributed by atoms with Crippen molar-refractivity contribution in [2.75, 3.05) is 7.11 Å².